The Kier molecular flexibility index (Phi) is 3.59. The Balaban J connectivity index is 2.60. The van der Waals surface area contributed by atoms with E-state index in [1.807, 2.05) is 26.8 Å². The van der Waals surface area contributed by atoms with E-state index in [0.29, 0.717) is 0 Å². The van der Waals surface area contributed by atoms with Crippen LogP contribution in [0.1, 0.15) is 33.6 Å². The summed E-state index contributed by atoms with van der Waals surface area (Å²) in [6.07, 6.45) is 3.72. The van der Waals surface area contributed by atoms with Gasteiger partial charge in [0, 0.05) is 6.54 Å². The number of hydrogen-bond acceptors (Lipinski definition) is 2. The van der Waals surface area contributed by atoms with Gasteiger partial charge in [0.15, 0.2) is 0 Å². The fraction of sp³-hybridized carbons (Fsp3) is 0.700. The molecular weight excluding hydrogens is 246 g/mol. The maximum absolute atomic E-state index is 11.7. The molecule has 14 heavy (non-hydrogen) atoms. The maximum Gasteiger partial charge on any atom is 0.415 e. The van der Waals surface area contributed by atoms with Gasteiger partial charge in [-0.1, -0.05) is 6.08 Å². The molecule has 0 saturated carbocycles. The first-order chi connectivity index (χ1) is 6.40. The lowest BCUT2D eigenvalue weighted by Crippen LogP contribution is -2.36. The standard InChI is InChI=1S/C10H16BrNO2/c1-10(2,3)14-9(13)12-7-5-4-6-8(12)11/h6H,4-5,7H2,1-3H3. The molecular formula is C10H16BrNO2. The third-order valence-electron chi connectivity index (χ3n) is 1.77. The lowest BCUT2D eigenvalue weighted by atomic mass is 10.2. The zero-order valence-electron chi connectivity index (χ0n) is 8.84. The number of allylic oxidation sites excluding steroid dienone is 1. The zero-order chi connectivity index (χ0) is 10.8. The number of amides is 1. The van der Waals surface area contributed by atoms with Crippen LogP contribution in [-0.2, 0) is 4.74 Å². The van der Waals surface area contributed by atoms with Crippen LogP contribution in [0.15, 0.2) is 10.7 Å². The second-order valence-corrected chi connectivity index (χ2v) is 5.11. The summed E-state index contributed by atoms with van der Waals surface area (Å²) >= 11 is 3.35. The first-order valence-corrected chi connectivity index (χ1v) is 5.55. The van der Waals surface area contributed by atoms with Crippen LogP contribution in [0, 0.1) is 0 Å². The molecule has 0 fully saturated rings. The predicted octanol–water partition coefficient (Wildman–Crippen LogP) is 3.25. The van der Waals surface area contributed by atoms with Crippen LogP contribution in [0.25, 0.3) is 0 Å². The topological polar surface area (TPSA) is 29.5 Å². The Morgan fingerprint density at radius 1 is 1.57 bits per heavy atom. The minimum atomic E-state index is -0.429. The normalized spacial score (nSPS) is 17.7. The molecule has 0 radical (unpaired) electrons. The van der Waals surface area contributed by atoms with Gasteiger partial charge in [-0.2, -0.15) is 0 Å². The Hall–Kier alpha value is -0.510. The van der Waals surface area contributed by atoms with Gasteiger partial charge in [-0.3, -0.25) is 4.90 Å². The molecule has 0 saturated heterocycles. The smallest absolute Gasteiger partial charge is 0.415 e. The Labute approximate surface area is 93.2 Å². The number of ether oxygens (including phenoxy) is 1. The summed E-state index contributed by atoms with van der Waals surface area (Å²) in [4.78, 5) is 13.3. The van der Waals surface area contributed by atoms with Gasteiger partial charge >= 0.3 is 6.09 Å². The fourth-order valence-electron chi connectivity index (χ4n) is 1.18. The van der Waals surface area contributed by atoms with E-state index in [1.54, 1.807) is 4.90 Å². The summed E-state index contributed by atoms with van der Waals surface area (Å²) in [6.45, 7) is 6.33. The Bertz CT molecular complexity index is 255. The molecule has 1 aliphatic heterocycles. The van der Waals surface area contributed by atoms with Crippen LogP contribution in [0.2, 0.25) is 0 Å². The molecule has 0 unspecified atom stereocenters. The van der Waals surface area contributed by atoms with Gasteiger partial charge < -0.3 is 4.74 Å². The van der Waals surface area contributed by atoms with Crippen molar-refractivity contribution in [2.24, 2.45) is 0 Å². The van der Waals surface area contributed by atoms with E-state index in [2.05, 4.69) is 15.9 Å². The molecule has 0 bridgehead atoms. The maximum atomic E-state index is 11.7. The predicted molar refractivity (Wildman–Crippen MR) is 59.2 cm³/mol. The summed E-state index contributed by atoms with van der Waals surface area (Å²) in [6, 6.07) is 0. The number of hydrogen-bond donors (Lipinski definition) is 0. The molecule has 1 heterocycles. The van der Waals surface area contributed by atoms with Crippen molar-refractivity contribution in [2.45, 2.75) is 39.2 Å². The Morgan fingerprint density at radius 3 is 2.71 bits per heavy atom. The van der Waals surface area contributed by atoms with Gasteiger partial charge in [-0.25, -0.2) is 4.79 Å². The fourth-order valence-corrected chi connectivity index (χ4v) is 1.73. The van der Waals surface area contributed by atoms with Crippen molar-refractivity contribution >= 4 is 22.0 Å². The molecule has 0 atom stereocenters. The molecule has 1 aliphatic rings. The highest BCUT2D eigenvalue weighted by atomic mass is 79.9. The van der Waals surface area contributed by atoms with Gasteiger partial charge in [-0.15, -0.1) is 0 Å². The van der Waals surface area contributed by atoms with Crippen LogP contribution in [0.4, 0.5) is 4.79 Å². The second-order valence-electron chi connectivity index (χ2n) is 4.30. The van der Waals surface area contributed by atoms with Gasteiger partial charge in [0.25, 0.3) is 0 Å². The van der Waals surface area contributed by atoms with Crippen LogP contribution in [0.5, 0.6) is 0 Å². The number of halogens is 1. The van der Waals surface area contributed by atoms with E-state index in [-0.39, 0.29) is 6.09 Å². The molecule has 1 rings (SSSR count). The monoisotopic (exact) mass is 261 g/mol. The van der Waals surface area contributed by atoms with E-state index in [0.717, 1.165) is 24.0 Å². The van der Waals surface area contributed by atoms with Crippen molar-refractivity contribution in [3.63, 3.8) is 0 Å². The third kappa shape index (κ3) is 3.33. The molecule has 0 N–H and O–H groups in total. The molecule has 0 aromatic rings. The average molecular weight is 262 g/mol. The molecule has 0 aromatic carbocycles. The van der Waals surface area contributed by atoms with E-state index in [1.165, 1.54) is 0 Å². The van der Waals surface area contributed by atoms with E-state index >= 15 is 0 Å². The van der Waals surface area contributed by atoms with Crippen LogP contribution < -0.4 is 0 Å². The first kappa shape index (κ1) is 11.6. The SMILES string of the molecule is CC(C)(C)OC(=O)N1CCCC=C1Br. The van der Waals surface area contributed by atoms with Crippen molar-refractivity contribution in [2.75, 3.05) is 6.54 Å². The van der Waals surface area contributed by atoms with Crippen LogP contribution in [-0.4, -0.2) is 23.1 Å². The third-order valence-corrected chi connectivity index (χ3v) is 2.52. The van der Waals surface area contributed by atoms with Gasteiger partial charge in [0.2, 0.25) is 0 Å². The average Bonchev–Trinajstić information content (AvgIpc) is 2.01. The Morgan fingerprint density at radius 2 is 2.21 bits per heavy atom. The van der Waals surface area contributed by atoms with Gasteiger partial charge in [-0.05, 0) is 49.5 Å². The number of nitrogens with zero attached hydrogens (tertiary/aromatic N) is 1. The highest BCUT2D eigenvalue weighted by Gasteiger charge is 2.24. The first-order valence-electron chi connectivity index (χ1n) is 4.76. The minimum Gasteiger partial charge on any atom is -0.443 e. The zero-order valence-corrected chi connectivity index (χ0v) is 10.4. The van der Waals surface area contributed by atoms with Crippen molar-refractivity contribution in [1.82, 2.24) is 4.90 Å². The molecule has 1 amide bonds. The lowest BCUT2D eigenvalue weighted by Gasteiger charge is -2.28. The van der Waals surface area contributed by atoms with E-state index in [4.69, 9.17) is 4.74 Å². The summed E-state index contributed by atoms with van der Waals surface area (Å²) < 4.78 is 6.08. The number of carbonyl (C=O) groups excluding carboxylic acids is 1. The molecule has 0 aliphatic carbocycles. The quantitative estimate of drug-likeness (QED) is 0.627. The van der Waals surface area contributed by atoms with E-state index in [9.17, 15) is 4.79 Å². The van der Waals surface area contributed by atoms with Crippen LogP contribution in [0.3, 0.4) is 0 Å². The number of carbonyl (C=O) groups is 1. The van der Waals surface area contributed by atoms with Crippen molar-refractivity contribution in [3.05, 3.63) is 10.7 Å². The molecule has 3 nitrogen and oxygen atoms in total. The summed E-state index contributed by atoms with van der Waals surface area (Å²) in [5, 5.41) is 0. The highest BCUT2D eigenvalue weighted by Crippen LogP contribution is 2.22. The molecule has 4 heteroatoms. The largest absolute Gasteiger partial charge is 0.443 e. The molecule has 0 aromatic heterocycles. The van der Waals surface area contributed by atoms with E-state index < -0.39 is 5.60 Å². The summed E-state index contributed by atoms with van der Waals surface area (Å²) in [7, 11) is 0. The molecule has 0 spiro atoms. The molecule has 80 valence electrons. The van der Waals surface area contributed by atoms with Crippen molar-refractivity contribution < 1.29 is 9.53 Å². The van der Waals surface area contributed by atoms with Crippen molar-refractivity contribution in [3.8, 4) is 0 Å². The summed E-state index contributed by atoms with van der Waals surface area (Å²) in [5.41, 5.74) is -0.429. The van der Waals surface area contributed by atoms with Gasteiger partial charge in [0.05, 0.1) is 4.61 Å². The lowest BCUT2D eigenvalue weighted by molar-refractivity contribution is 0.0321. The van der Waals surface area contributed by atoms with Crippen LogP contribution >= 0.6 is 15.9 Å². The van der Waals surface area contributed by atoms with Gasteiger partial charge in [0.1, 0.15) is 5.60 Å². The number of rotatable bonds is 0. The summed E-state index contributed by atoms with van der Waals surface area (Å²) in [5.74, 6) is 0. The highest BCUT2D eigenvalue weighted by molar-refractivity contribution is 9.11. The minimum absolute atomic E-state index is 0.277. The second kappa shape index (κ2) is 4.34. The van der Waals surface area contributed by atoms with Crippen molar-refractivity contribution in [1.29, 1.82) is 0 Å².